The molecule has 4 rings (SSSR count). The Kier molecular flexibility index (Phi) is 4.99. The summed E-state index contributed by atoms with van der Waals surface area (Å²) >= 11 is 0. The standard InChI is InChI=1S/C20H30N4O2/c1-16-11-17(14-21-13-16)19(25)24-5-3-20(4-6-24)12-18(15-26-20)23-9-7-22(2)8-10-23/h11,13-14,18H,3-10,12,15H2,1-2H3/t18-/m0/s1. The van der Waals surface area contributed by atoms with Crippen LogP contribution in [0.5, 0.6) is 0 Å². The Hall–Kier alpha value is -1.50. The van der Waals surface area contributed by atoms with E-state index in [1.165, 1.54) is 0 Å². The fourth-order valence-corrected chi connectivity index (χ4v) is 4.56. The summed E-state index contributed by atoms with van der Waals surface area (Å²) in [7, 11) is 2.19. The Balaban J connectivity index is 1.33. The van der Waals surface area contributed by atoms with E-state index in [9.17, 15) is 4.79 Å². The van der Waals surface area contributed by atoms with Crippen LogP contribution in [0.3, 0.4) is 0 Å². The zero-order chi connectivity index (χ0) is 18.1. The molecule has 4 heterocycles. The van der Waals surface area contributed by atoms with E-state index in [1.54, 1.807) is 12.4 Å². The predicted molar refractivity (Wildman–Crippen MR) is 100 cm³/mol. The van der Waals surface area contributed by atoms with Gasteiger partial charge in [0.2, 0.25) is 0 Å². The number of aryl methyl sites for hydroxylation is 1. The highest BCUT2D eigenvalue weighted by Gasteiger charge is 2.45. The number of hydrogen-bond acceptors (Lipinski definition) is 5. The first-order chi connectivity index (χ1) is 12.5. The number of ether oxygens (including phenoxy) is 1. The first-order valence-electron chi connectivity index (χ1n) is 9.82. The lowest BCUT2D eigenvalue weighted by Gasteiger charge is -2.40. The van der Waals surface area contributed by atoms with Crippen molar-refractivity contribution >= 4 is 5.91 Å². The predicted octanol–water partition coefficient (Wildman–Crippen LogP) is 1.40. The van der Waals surface area contributed by atoms with Crippen LogP contribution in [0.25, 0.3) is 0 Å². The first-order valence-corrected chi connectivity index (χ1v) is 9.82. The number of pyridine rings is 1. The summed E-state index contributed by atoms with van der Waals surface area (Å²) in [5.74, 6) is 0.102. The highest BCUT2D eigenvalue weighted by Crippen LogP contribution is 2.38. The number of hydrogen-bond donors (Lipinski definition) is 0. The molecule has 6 nitrogen and oxygen atoms in total. The fourth-order valence-electron chi connectivity index (χ4n) is 4.56. The molecule has 1 aromatic rings. The molecule has 6 heteroatoms. The van der Waals surface area contributed by atoms with Crippen molar-refractivity contribution in [3.8, 4) is 0 Å². The van der Waals surface area contributed by atoms with Gasteiger partial charge in [0.1, 0.15) is 0 Å². The van der Waals surface area contributed by atoms with Gasteiger partial charge in [-0.1, -0.05) is 0 Å². The number of likely N-dealkylation sites (N-methyl/N-ethyl adjacent to an activating group) is 1. The highest BCUT2D eigenvalue weighted by molar-refractivity contribution is 5.94. The first kappa shape index (κ1) is 17.9. The van der Waals surface area contributed by atoms with Gasteiger partial charge in [-0.3, -0.25) is 14.7 Å². The molecule has 1 aromatic heterocycles. The molecule has 0 aromatic carbocycles. The highest BCUT2D eigenvalue weighted by atomic mass is 16.5. The number of likely N-dealkylation sites (tertiary alicyclic amines) is 1. The zero-order valence-electron chi connectivity index (χ0n) is 16.0. The normalized spacial score (nSPS) is 27.2. The molecule has 0 bridgehead atoms. The van der Waals surface area contributed by atoms with Gasteiger partial charge in [0, 0.05) is 57.7 Å². The molecule has 0 radical (unpaired) electrons. The van der Waals surface area contributed by atoms with E-state index in [0.717, 1.165) is 70.7 Å². The maximum Gasteiger partial charge on any atom is 0.255 e. The summed E-state index contributed by atoms with van der Waals surface area (Å²) in [6.45, 7) is 8.97. The average Bonchev–Trinajstić information content (AvgIpc) is 3.06. The van der Waals surface area contributed by atoms with Crippen LogP contribution in [-0.2, 0) is 4.74 Å². The second-order valence-corrected chi connectivity index (χ2v) is 8.23. The molecular formula is C20H30N4O2. The van der Waals surface area contributed by atoms with E-state index in [-0.39, 0.29) is 11.5 Å². The molecule has 3 aliphatic rings. The van der Waals surface area contributed by atoms with Crippen molar-refractivity contribution in [3.05, 3.63) is 29.6 Å². The Labute approximate surface area is 156 Å². The third-order valence-corrected chi connectivity index (χ3v) is 6.33. The van der Waals surface area contributed by atoms with E-state index < -0.39 is 0 Å². The minimum atomic E-state index is -0.0182. The van der Waals surface area contributed by atoms with Crippen molar-refractivity contribution < 1.29 is 9.53 Å². The summed E-state index contributed by atoms with van der Waals surface area (Å²) in [6.07, 6.45) is 6.47. The van der Waals surface area contributed by atoms with Crippen LogP contribution in [0.2, 0.25) is 0 Å². The van der Waals surface area contributed by atoms with Gasteiger partial charge in [-0.2, -0.15) is 0 Å². The van der Waals surface area contributed by atoms with Gasteiger partial charge in [0.25, 0.3) is 5.91 Å². The lowest BCUT2D eigenvalue weighted by molar-refractivity contribution is -0.0395. The van der Waals surface area contributed by atoms with Crippen LogP contribution >= 0.6 is 0 Å². The van der Waals surface area contributed by atoms with E-state index in [1.807, 2.05) is 17.9 Å². The van der Waals surface area contributed by atoms with Crippen molar-refractivity contribution in [1.82, 2.24) is 19.7 Å². The molecule has 0 aliphatic carbocycles. The zero-order valence-corrected chi connectivity index (χ0v) is 16.0. The molecule has 3 fully saturated rings. The van der Waals surface area contributed by atoms with Crippen molar-refractivity contribution in [2.75, 3.05) is 52.9 Å². The Morgan fingerprint density at radius 1 is 1.15 bits per heavy atom. The number of carbonyl (C=O) groups is 1. The molecule has 1 atom stereocenters. The van der Waals surface area contributed by atoms with Crippen LogP contribution in [-0.4, -0.2) is 90.2 Å². The largest absolute Gasteiger partial charge is 0.373 e. The number of nitrogens with zero attached hydrogens (tertiary/aromatic N) is 4. The van der Waals surface area contributed by atoms with Gasteiger partial charge < -0.3 is 14.5 Å². The topological polar surface area (TPSA) is 48.9 Å². The van der Waals surface area contributed by atoms with Crippen molar-refractivity contribution in [2.45, 2.75) is 37.8 Å². The molecule has 3 saturated heterocycles. The minimum Gasteiger partial charge on any atom is -0.373 e. The molecule has 3 aliphatic heterocycles. The van der Waals surface area contributed by atoms with E-state index >= 15 is 0 Å². The average molecular weight is 358 g/mol. The second-order valence-electron chi connectivity index (χ2n) is 8.23. The lowest BCUT2D eigenvalue weighted by Crippen LogP contribution is -2.50. The SMILES string of the molecule is Cc1cncc(C(=O)N2CCC3(CC2)C[C@H](N2CCN(C)CC2)CO3)c1. The van der Waals surface area contributed by atoms with Gasteiger partial charge in [0.05, 0.1) is 17.8 Å². The number of amides is 1. The minimum absolute atomic E-state index is 0.0182. The molecule has 26 heavy (non-hydrogen) atoms. The van der Waals surface area contributed by atoms with Crippen LogP contribution in [0.15, 0.2) is 18.5 Å². The second kappa shape index (κ2) is 7.25. The maximum absolute atomic E-state index is 12.7. The van der Waals surface area contributed by atoms with Crippen LogP contribution in [0.1, 0.15) is 35.2 Å². The van der Waals surface area contributed by atoms with E-state index in [2.05, 4.69) is 21.8 Å². The third-order valence-electron chi connectivity index (χ3n) is 6.33. The van der Waals surface area contributed by atoms with Crippen molar-refractivity contribution in [2.24, 2.45) is 0 Å². The summed E-state index contributed by atoms with van der Waals surface area (Å²) in [6, 6.07) is 2.47. The van der Waals surface area contributed by atoms with E-state index in [4.69, 9.17) is 4.74 Å². The summed E-state index contributed by atoms with van der Waals surface area (Å²) in [5.41, 5.74) is 1.71. The van der Waals surface area contributed by atoms with Gasteiger partial charge >= 0.3 is 0 Å². The molecule has 0 unspecified atom stereocenters. The quantitative estimate of drug-likeness (QED) is 0.800. The number of piperazine rings is 1. The molecule has 0 N–H and O–H groups in total. The van der Waals surface area contributed by atoms with Gasteiger partial charge in [-0.05, 0) is 44.9 Å². The Bertz CT molecular complexity index is 649. The summed E-state index contributed by atoms with van der Waals surface area (Å²) in [5, 5.41) is 0. The van der Waals surface area contributed by atoms with Crippen molar-refractivity contribution in [1.29, 1.82) is 0 Å². The molecule has 142 valence electrons. The number of carbonyl (C=O) groups excluding carboxylic acids is 1. The van der Waals surface area contributed by atoms with Crippen LogP contribution in [0, 0.1) is 6.92 Å². The van der Waals surface area contributed by atoms with Crippen LogP contribution in [0.4, 0.5) is 0 Å². The molecule has 0 saturated carbocycles. The van der Waals surface area contributed by atoms with Gasteiger partial charge in [-0.25, -0.2) is 0 Å². The summed E-state index contributed by atoms with van der Waals surface area (Å²) in [4.78, 5) is 23.9. The monoisotopic (exact) mass is 358 g/mol. The third kappa shape index (κ3) is 3.63. The van der Waals surface area contributed by atoms with Gasteiger partial charge in [0.15, 0.2) is 0 Å². The van der Waals surface area contributed by atoms with Crippen LogP contribution < -0.4 is 0 Å². The Morgan fingerprint density at radius 3 is 2.58 bits per heavy atom. The number of aromatic nitrogens is 1. The lowest BCUT2D eigenvalue weighted by atomic mass is 9.86. The Morgan fingerprint density at radius 2 is 1.88 bits per heavy atom. The fraction of sp³-hybridized carbons (Fsp3) is 0.700. The number of rotatable bonds is 2. The molecule has 1 spiro atoms. The van der Waals surface area contributed by atoms with E-state index in [0.29, 0.717) is 11.6 Å². The maximum atomic E-state index is 12.7. The smallest absolute Gasteiger partial charge is 0.255 e. The molecular weight excluding hydrogens is 328 g/mol. The summed E-state index contributed by atoms with van der Waals surface area (Å²) < 4.78 is 6.32. The molecule has 1 amide bonds. The van der Waals surface area contributed by atoms with Gasteiger partial charge in [-0.15, -0.1) is 0 Å². The number of piperidine rings is 1. The van der Waals surface area contributed by atoms with Crippen molar-refractivity contribution in [3.63, 3.8) is 0 Å².